The summed E-state index contributed by atoms with van der Waals surface area (Å²) in [6.45, 7) is 2.92. The highest BCUT2D eigenvalue weighted by atomic mass is 19.1. The fourth-order valence-electron chi connectivity index (χ4n) is 3.88. The zero-order valence-corrected chi connectivity index (χ0v) is 15.2. The molecule has 0 spiro atoms. The first-order chi connectivity index (χ1) is 13.0. The molecule has 140 valence electrons. The van der Waals surface area contributed by atoms with Crippen molar-refractivity contribution in [2.45, 2.75) is 25.9 Å². The topological polar surface area (TPSA) is 53.7 Å². The maximum atomic E-state index is 13.5. The largest absolute Gasteiger partial charge is 0.451 e. The van der Waals surface area contributed by atoms with Crippen molar-refractivity contribution in [3.05, 3.63) is 71.2 Å². The van der Waals surface area contributed by atoms with Gasteiger partial charge in [-0.2, -0.15) is 0 Å². The first kappa shape index (κ1) is 17.7. The lowest BCUT2D eigenvalue weighted by molar-refractivity contribution is 0.0443. The van der Waals surface area contributed by atoms with Crippen molar-refractivity contribution in [3.8, 4) is 0 Å². The van der Waals surface area contributed by atoms with Gasteiger partial charge in [0, 0.05) is 24.0 Å². The highest BCUT2D eigenvalue weighted by Crippen LogP contribution is 2.32. The summed E-state index contributed by atoms with van der Waals surface area (Å²) in [5.41, 5.74) is 2.10. The maximum absolute atomic E-state index is 13.5. The standard InChI is InChI=1S/C22H22FNO3/c1-14-18-13-17(23)7-8-19(18)27-21(14)22(26)24-11-9-16(10-12-24)20(25)15-5-3-2-4-6-15/h2-8,13,16,20,25H,9-12H2,1H3. The minimum atomic E-state index is -0.514. The van der Waals surface area contributed by atoms with Crippen LogP contribution in [-0.4, -0.2) is 29.0 Å². The Morgan fingerprint density at radius 1 is 1.19 bits per heavy atom. The Morgan fingerprint density at radius 3 is 2.59 bits per heavy atom. The lowest BCUT2D eigenvalue weighted by atomic mass is 9.87. The average molecular weight is 367 g/mol. The molecule has 5 heteroatoms. The van der Waals surface area contributed by atoms with Gasteiger partial charge < -0.3 is 14.4 Å². The molecule has 27 heavy (non-hydrogen) atoms. The molecule has 0 bridgehead atoms. The quantitative estimate of drug-likeness (QED) is 0.743. The molecule has 1 aliphatic heterocycles. The molecule has 1 atom stereocenters. The van der Waals surface area contributed by atoms with Crippen LogP contribution in [0.2, 0.25) is 0 Å². The lowest BCUT2D eigenvalue weighted by Crippen LogP contribution is -2.39. The SMILES string of the molecule is Cc1c(C(=O)N2CCC(C(O)c3ccccc3)CC2)oc2ccc(F)cc12. The van der Waals surface area contributed by atoms with E-state index in [9.17, 15) is 14.3 Å². The highest BCUT2D eigenvalue weighted by Gasteiger charge is 2.30. The number of aliphatic hydroxyl groups is 1. The lowest BCUT2D eigenvalue weighted by Gasteiger charge is -2.34. The van der Waals surface area contributed by atoms with Gasteiger partial charge in [-0.3, -0.25) is 4.79 Å². The number of fused-ring (bicyclic) bond motifs is 1. The summed E-state index contributed by atoms with van der Waals surface area (Å²) in [7, 11) is 0. The van der Waals surface area contributed by atoms with Gasteiger partial charge >= 0.3 is 0 Å². The Morgan fingerprint density at radius 2 is 1.89 bits per heavy atom. The molecule has 2 aromatic carbocycles. The number of rotatable bonds is 3. The van der Waals surface area contributed by atoms with Crippen LogP contribution in [-0.2, 0) is 0 Å². The second-order valence-electron chi connectivity index (χ2n) is 7.18. The monoisotopic (exact) mass is 367 g/mol. The molecule has 1 aromatic heterocycles. The van der Waals surface area contributed by atoms with Crippen LogP contribution >= 0.6 is 0 Å². The Balaban J connectivity index is 1.47. The van der Waals surface area contributed by atoms with Gasteiger partial charge in [0.2, 0.25) is 0 Å². The molecule has 1 aliphatic rings. The molecule has 1 fully saturated rings. The van der Waals surface area contributed by atoms with Gasteiger partial charge in [0.15, 0.2) is 5.76 Å². The van der Waals surface area contributed by atoms with Crippen LogP contribution in [0.25, 0.3) is 11.0 Å². The van der Waals surface area contributed by atoms with Crippen LogP contribution in [0.3, 0.4) is 0 Å². The van der Waals surface area contributed by atoms with Crippen LogP contribution in [0.1, 0.15) is 40.6 Å². The molecule has 0 saturated carbocycles. The Bertz CT molecular complexity index is 958. The molecule has 1 saturated heterocycles. The number of hydrogen-bond donors (Lipinski definition) is 1. The summed E-state index contributed by atoms with van der Waals surface area (Å²) in [4.78, 5) is 14.7. The number of nitrogens with zero attached hydrogens (tertiary/aromatic N) is 1. The van der Waals surface area contributed by atoms with Crippen LogP contribution in [0.5, 0.6) is 0 Å². The van der Waals surface area contributed by atoms with E-state index in [1.165, 1.54) is 12.1 Å². The van der Waals surface area contributed by atoms with E-state index in [0.29, 0.717) is 29.6 Å². The van der Waals surface area contributed by atoms with Gasteiger partial charge in [-0.05, 0) is 49.4 Å². The zero-order valence-electron chi connectivity index (χ0n) is 15.2. The molecular formula is C22H22FNO3. The van der Waals surface area contributed by atoms with E-state index >= 15 is 0 Å². The summed E-state index contributed by atoms with van der Waals surface area (Å²) in [5.74, 6) is -0.113. The third-order valence-corrected chi connectivity index (χ3v) is 5.51. The number of piperidine rings is 1. The molecule has 3 aromatic rings. The first-order valence-electron chi connectivity index (χ1n) is 9.25. The van der Waals surface area contributed by atoms with Crippen molar-refractivity contribution < 1.29 is 18.7 Å². The number of benzene rings is 2. The van der Waals surface area contributed by atoms with Gasteiger partial charge in [0.25, 0.3) is 5.91 Å². The smallest absolute Gasteiger partial charge is 0.289 e. The molecule has 1 unspecified atom stereocenters. The van der Waals surface area contributed by atoms with E-state index in [4.69, 9.17) is 4.42 Å². The predicted octanol–water partition coefficient (Wildman–Crippen LogP) is 4.47. The van der Waals surface area contributed by atoms with Crippen LogP contribution in [0.4, 0.5) is 4.39 Å². The number of furan rings is 1. The minimum absolute atomic E-state index is 0.127. The van der Waals surface area contributed by atoms with Crippen molar-refractivity contribution in [3.63, 3.8) is 0 Å². The fourth-order valence-corrected chi connectivity index (χ4v) is 3.88. The molecule has 4 nitrogen and oxygen atoms in total. The average Bonchev–Trinajstić information content (AvgIpc) is 3.04. The van der Waals surface area contributed by atoms with Gasteiger partial charge in [-0.1, -0.05) is 30.3 Å². The van der Waals surface area contributed by atoms with Crippen molar-refractivity contribution in [2.24, 2.45) is 5.92 Å². The van der Waals surface area contributed by atoms with E-state index in [2.05, 4.69) is 0 Å². The van der Waals surface area contributed by atoms with Crippen molar-refractivity contribution in [1.82, 2.24) is 4.90 Å². The summed E-state index contributed by atoms with van der Waals surface area (Å²) < 4.78 is 19.2. The molecule has 1 amide bonds. The number of hydrogen-bond acceptors (Lipinski definition) is 3. The van der Waals surface area contributed by atoms with Crippen molar-refractivity contribution >= 4 is 16.9 Å². The number of amides is 1. The van der Waals surface area contributed by atoms with Crippen LogP contribution < -0.4 is 0 Å². The molecule has 0 aliphatic carbocycles. The maximum Gasteiger partial charge on any atom is 0.289 e. The molecular weight excluding hydrogens is 345 g/mol. The first-order valence-corrected chi connectivity index (χ1v) is 9.25. The predicted molar refractivity (Wildman–Crippen MR) is 101 cm³/mol. The van der Waals surface area contributed by atoms with Gasteiger partial charge in [0.05, 0.1) is 6.10 Å². The summed E-state index contributed by atoms with van der Waals surface area (Å²) >= 11 is 0. The summed E-state index contributed by atoms with van der Waals surface area (Å²) in [6.07, 6.45) is 0.949. The second-order valence-corrected chi connectivity index (χ2v) is 7.18. The molecule has 1 N–H and O–H groups in total. The normalized spacial score (nSPS) is 16.6. The molecule has 0 radical (unpaired) electrons. The van der Waals surface area contributed by atoms with E-state index in [1.807, 2.05) is 30.3 Å². The van der Waals surface area contributed by atoms with Crippen LogP contribution in [0, 0.1) is 18.7 Å². The highest BCUT2D eigenvalue weighted by molar-refractivity contribution is 5.99. The molecule has 2 heterocycles. The fraction of sp³-hybridized carbons (Fsp3) is 0.318. The number of halogens is 1. The number of aryl methyl sites for hydroxylation is 1. The number of carbonyl (C=O) groups is 1. The Hall–Kier alpha value is -2.66. The summed E-state index contributed by atoms with van der Waals surface area (Å²) in [6, 6.07) is 13.9. The summed E-state index contributed by atoms with van der Waals surface area (Å²) in [5, 5.41) is 11.2. The molecule has 4 rings (SSSR count). The van der Waals surface area contributed by atoms with E-state index < -0.39 is 6.10 Å². The third-order valence-electron chi connectivity index (χ3n) is 5.51. The van der Waals surface area contributed by atoms with E-state index in [0.717, 1.165) is 18.4 Å². The van der Waals surface area contributed by atoms with Crippen LogP contribution in [0.15, 0.2) is 52.9 Å². The van der Waals surface area contributed by atoms with Gasteiger partial charge in [-0.15, -0.1) is 0 Å². The van der Waals surface area contributed by atoms with E-state index in [-0.39, 0.29) is 23.4 Å². The van der Waals surface area contributed by atoms with Gasteiger partial charge in [-0.25, -0.2) is 4.39 Å². The number of likely N-dealkylation sites (tertiary alicyclic amines) is 1. The number of carbonyl (C=O) groups excluding carboxylic acids is 1. The van der Waals surface area contributed by atoms with E-state index in [1.54, 1.807) is 17.9 Å². The minimum Gasteiger partial charge on any atom is -0.451 e. The Kier molecular flexibility index (Phi) is 4.70. The Labute approximate surface area is 157 Å². The second kappa shape index (κ2) is 7.16. The van der Waals surface area contributed by atoms with Crippen molar-refractivity contribution in [2.75, 3.05) is 13.1 Å². The van der Waals surface area contributed by atoms with Crippen molar-refractivity contribution in [1.29, 1.82) is 0 Å². The zero-order chi connectivity index (χ0) is 19.0. The van der Waals surface area contributed by atoms with Gasteiger partial charge in [0.1, 0.15) is 11.4 Å². The third kappa shape index (κ3) is 3.35. The number of aliphatic hydroxyl groups excluding tert-OH is 1.